The number of hydrogen-bond acceptors (Lipinski definition) is 2. The summed E-state index contributed by atoms with van der Waals surface area (Å²) in [5, 5.41) is 12.8. The quantitative estimate of drug-likeness (QED) is 0.880. The van der Waals surface area contributed by atoms with Crippen molar-refractivity contribution in [2.75, 3.05) is 6.54 Å². The normalized spacial score (nSPS) is 29.7. The molecule has 0 aromatic heterocycles. The molecule has 0 spiro atoms. The predicted molar refractivity (Wildman–Crippen MR) is 92.8 cm³/mol. The molecule has 1 aromatic rings. The lowest BCUT2D eigenvalue weighted by Gasteiger charge is -2.38. The van der Waals surface area contributed by atoms with Gasteiger partial charge in [-0.2, -0.15) is 0 Å². The Bertz CT molecular complexity index is 559. The first-order valence-electron chi connectivity index (χ1n) is 9.03. The molecule has 0 saturated heterocycles. The second-order valence-electron chi connectivity index (χ2n) is 8.00. The van der Waals surface area contributed by atoms with Crippen LogP contribution in [0.25, 0.3) is 0 Å². The maximum atomic E-state index is 11.0. The van der Waals surface area contributed by atoms with Crippen LogP contribution in [0.4, 0.5) is 0 Å². The summed E-state index contributed by atoms with van der Waals surface area (Å²) in [6, 6.07) is 9.39. The number of aliphatic carboxylic acids is 1. The summed E-state index contributed by atoms with van der Waals surface area (Å²) < 4.78 is 0. The SMILES string of the molecule is CC1(C)CCC(CNC2CCC(C(=O)O)CC2)c2ccccc21. The third kappa shape index (κ3) is 3.60. The van der Waals surface area contributed by atoms with Crippen molar-refractivity contribution in [1.29, 1.82) is 0 Å². The van der Waals surface area contributed by atoms with Crippen LogP contribution in [0.1, 0.15) is 69.4 Å². The average Bonchev–Trinajstić information content (AvgIpc) is 2.55. The second-order valence-corrected chi connectivity index (χ2v) is 8.00. The van der Waals surface area contributed by atoms with Gasteiger partial charge in [0.05, 0.1) is 5.92 Å². The molecular weight excluding hydrogens is 286 g/mol. The molecule has 0 heterocycles. The van der Waals surface area contributed by atoms with Crippen LogP contribution in [0.15, 0.2) is 24.3 Å². The van der Waals surface area contributed by atoms with Crippen molar-refractivity contribution in [1.82, 2.24) is 5.32 Å². The van der Waals surface area contributed by atoms with Crippen molar-refractivity contribution >= 4 is 5.97 Å². The summed E-state index contributed by atoms with van der Waals surface area (Å²) >= 11 is 0. The minimum Gasteiger partial charge on any atom is -0.481 e. The van der Waals surface area contributed by atoms with E-state index in [9.17, 15) is 4.79 Å². The van der Waals surface area contributed by atoms with Crippen LogP contribution >= 0.6 is 0 Å². The topological polar surface area (TPSA) is 49.3 Å². The van der Waals surface area contributed by atoms with Gasteiger partial charge in [0.25, 0.3) is 0 Å². The van der Waals surface area contributed by atoms with E-state index < -0.39 is 5.97 Å². The summed E-state index contributed by atoms with van der Waals surface area (Å²) in [7, 11) is 0. The number of rotatable bonds is 4. The number of hydrogen-bond donors (Lipinski definition) is 2. The summed E-state index contributed by atoms with van der Waals surface area (Å²) in [5.41, 5.74) is 3.30. The highest BCUT2D eigenvalue weighted by Gasteiger charge is 2.33. The zero-order chi connectivity index (χ0) is 16.4. The maximum Gasteiger partial charge on any atom is 0.306 e. The molecule has 23 heavy (non-hydrogen) atoms. The lowest BCUT2D eigenvalue weighted by Crippen LogP contribution is -2.38. The van der Waals surface area contributed by atoms with Crippen LogP contribution in [-0.2, 0) is 10.2 Å². The van der Waals surface area contributed by atoms with Crippen LogP contribution in [0, 0.1) is 5.92 Å². The molecule has 0 aliphatic heterocycles. The number of carboxylic acid groups (broad SMARTS) is 1. The number of benzene rings is 1. The van der Waals surface area contributed by atoms with Crippen molar-refractivity contribution in [3.05, 3.63) is 35.4 Å². The smallest absolute Gasteiger partial charge is 0.306 e. The largest absolute Gasteiger partial charge is 0.481 e. The van der Waals surface area contributed by atoms with Gasteiger partial charge in [0.15, 0.2) is 0 Å². The Morgan fingerprint density at radius 2 is 1.87 bits per heavy atom. The minimum absolute atomic E-state index is 0.121. The third-order valence-electron chi connectivity index (χ3n) is 5.98. The first-order valence-corrected chi connectivity index (χ1v) is 9.03. The van der Waals surface area contributed by atoms with Gasteiger partial charge >= 0.3 is 5.97 Å². The molecule has 1 atom stereocenters. The van der Waals surface area contributed by atoms with Crippen LogP contribution in [-0.4, -0.2) is 23.7 Å². The van der Waals surface area contributed by atoms with E-state index in [0.717, 1.165) is 32.2 Å². The lowest BCUT2D eigenvalue weighted by molar-refractivity contribution is -0.142. The molecule has 1 aromatic carbocycles. The number of carboxylic acids is 1. The summed E-state index contributed by atoms with van der Waals surface area (Å²) in [6.45, 7) is 5.72. The van der Waals surface area contributed by atoms with Crippen LogP contribution in [0.2, 0.25) is 0 Å². The molecule has 1 saturated carbocycles. The van der Waals surface area contributed by atoms with Crippen molar-refractivity contribution in [3.8, 4) is 0 Å². The maximum absolute atomic E-state index is 11.0. The Morgan fingerprint density at radius 1 is 1.17 bits per heavy atom. The first kappa shape index (κ1) is 16.5. The van der Waals surface area contributed by atoms with Gasteiger partial charge in [0, 0.05) is 12.6 Å². The average molecular weight is 315 g/mol. The molecule has 3 nitrogen and oxygen atoms in total. The fourth-order valence-corrected chi connectivity index (χ4v) is 4.36. The molecule has 2 aliphatic carbocycles. The highest BCUT2D eigenvalue weighted by Crippen LogP contribution is 2.42. The fraction of sp³-hybridized carbons (Fsp3) is 0.650. The number of fused-ring (bicyclic) bond motifs is 1. The first-order chi connectivity index (χ1) is 11.0. The molecule has 126 valence electrons. The van der Waals surface area contributed by atoms with Crippen LogP contribution in [0.5, 0.6) is 0 Å². The molecule has 0 amide bonds. The molecule has 1 fully saturated rings. The molecule has 2 aliphatic rings. The Kier molecular flexibility index (Phi) is 4.77. The van der Waals surface area contributed by atoms with E-state index in [4.69, 9.17) is 5.11 Å². The molecule has 2 N–H and O–H groups in total. The van der Waals surface area contributed by atoms with Crippen LogP contribution < -0.4 is 5.32 Å². The Morgan fingerprint density at radius 3 is 2.57 bits per heavy atom. The number of nitrogens with one attached hydrogen (secondary N) is 1. The van der Waals surface area contributed by atoms with Crippen molar-refractivity contribution in [2.45, 2.75) is 69.7 Å². The zero-order valence-electron chi connectivity index (χ0n) is 14.3. The van der Waals surface area contributed by atoms with E-state index in [2.05, 4.69) is 43.4 Å². The van der Waals surface area contributed by atoms with E-state index in [-0.39, 0.29) is 11.3 Å². The van der Waals surface area contributed by atoms with E-state index in [1.165, 1.54) is 24.0 Å². The molecule has 0 bridgehead atoms. The van der Waals surface area contributed by atoms with Crippen LogP contribution in [0.3, 0.4) is 0 Å². The molecule has 3 rings (SSSR count). The monoisotopic (exact) mass is 315 g/mol. The predicted octanol–water partition coefficient (Wildman–Crippen LogP) is 4.07. The van der Waals surface area contributed by atoms with E-state index in [0.29, 0.717) is 12.0 Å². The fourth-order valence-electron chi connectivity index (χ4n) is 4.36. The van der Waals surface area contributed by atoms with Crippen molar-refractivity contribution < 1.29 is 9.90 Å². The highest BCUT2D eigenvalue weighted by molar-refractivity contribution is 5.70. The Hall–Kier alpha value is -1.35. The van der Waals surface area contributed by atoms with E-state index >= 15 is 0 Å². The Balaban J connectivity index is 1.59. The van der Waals surface area contributed by atoms with Gasteiger partial charge in [-0.1, -0.05) is 38.1 Å². The van der Waals surface area contributed by atoms with Crippen molar-refractivity contribution in [3.63, 3.8) is 0 Å². The third-order valence-corrected chi connectivity index (χ3v) is 5.98. The summed E-state index contributed by atoms with van der Waals surface area (Å²) in [6.07, 6.45) is 6.11. The van der Waals surface area contributed by atoms with Gasteiger partial charge in [-0.3, -0.25) is 4.79 Å². The summed E-state index contributed by atoms with van der Waals surface area (Å²) in [5.74, 6) is -0.146. The zero-order valence-corrected chi connectivity index (χ0v) is 14.3. The van der Waals surface area contributed by atoms with Crippen molar-refractivity contribution in [2.24, 2.45) is 5.92 Å². The molecule has 3 heteroatoms. The summed E-state index contributed by atoms with van der Waals surface area (Å²) in [4.78, 5) is 11.0. The van der Waals surface area contributed by atoms with Gasteiger partial charge < -0.3 is 10.4 Å². The molecular formula is C20H29NO2. The van der Waals surface area contributed by atoms with Gasteiger partial charge in [-0.05, 0) is 61.0 Å². The number of carbonyl (C=O) groups is 1. The van der Waals surface area contributed by atoms with E-state index in [1.54, 1.807) is 0 Å². The Labute approximate surface area is 139 Å². The molecule has 1 unspecified atom stereocenters. The van der Waals surface area contributed by atoms with Gasteiger partial charge in [-0.15, -0.1) is 0 Å². The van der Waals surface area contributed by atoms with Gasteiger partial charge in [-0.25, -0.2) is 0 Å². The standard InChI is InChI=1S/C20H29NO2/c1-20(2)12-11-15(17-5-3-4-6-18(17)20)13-21-16-9-7-14(8-10-16)19(22)23/h3-6,14-16,21H,7-13H2,1-2H3,(H,22,23). The molecule has 0 radical (unpaired) electrons. The highest BCUT2D eigenvalue weighted by atomic mass is 16.4. The minimum atomic E-state index is -0.619. The second kappa shape index (κ2) is 6.64. The van der Waals surface area contributed by atoms with Gasteiger partial charge in [0.2, 0.25) is 0 Å². The van der Waals surface area contributed by atoms with Gasteiger partial charge in [0.1, 0.15) is 0 Å². The lowest BCUT2D eigenvalue weighted by atomic mass is 9.69. The van der Waals surface area contributed by atoms with E-state index in [1.807, 2.05) is 0 Å².